The number of sulfonamides is 1. The number of amides is 1. The van der Waals surface area contributed by atoms with Crippen LogP contribution in [0.1, 0.15) is 33.9 Å². The zero-order chi connectivity index (χ0) is 16.4. The van der Waals surface area contributed by atoms with Crippen molar-refractivity contribution in [2.75, 3.05) is 7.05 Å². The summed E-state index contributed by atoms with van der Waals surface area (Å²) in [4.78, 5) is 11.7. The molecule has 6 heteroatoms. The lowest BCUT2D eigenvalue weighted by Gasteiger charge is -2.14. The molecule has 0 saturated heterocycles. The predicted octanol–water partition coefficient (Wildman–Crippen LogP) is 2.01. The van der Waals surface area contributed by atoms with E-state index in [1.165, 1.54) is 36.9 Å². The summed E-state index contributed by atoms with van der Waals surface area (Å²) in [5.74, 6) is -0.244. The zero-order valence-electron chi connectivity index (χ0n) is 12.7. The van der Waals surface area contributed by atoms with Crippen LogP contribution in [0.4, 0.5) is 0 Å². The molecule has 0 aromatic heterocycles. The molecule has 3 rings (SSSR count). The normalized spacial score (nSPS) is 16.8. The fourth-order valence-electron chi connectivity index (χ4n) is 2.86. The van der Waals surface area contributed by atoms with Crippen molar-refractivity contribution in [2.45, 2.75) is 23.8 Å². The number of hydrogen-bond donors (Lipinski definition) is 2. The molecule has 5 nitrogen and oxygen atoms in total. The van der Waals surface area contributed by atoms with Crippen LogP contribution in [0.3, 0.4) is 0 Å². The number of benzene rings is 2. The molecular formula is C17H18N2O3S. The molecule has 0 aliphatic heterocycles. The number of hydrogen-bond acceptors (Lipinski definition) is 3. The Morgan fingerprint density at radius 1 is 1.09 bits per heavy atom. The first-order chi connectivity index (χ1) is 11.0. The lowest BCUT2D eigenvalue weighted by atomic mass is 10.1. The largest absolute Gasteiger partial charge is 0.355 e. The first-order valence-corrected chi connectivity index (χ1v) is 8.92. The van der Waals surface area contributed by atoms with E-state index >= 15 is 0 Å². The first kappa shape index (κ1) is 15.7. The molecule has 1 amide bonds. The number of nitrogens with one attached hydrogen (secondary N) is 2. The van der Waals surface area contributed by atoms with Crippen LogP contribution in [-0.2, 0) is 16.4 Å². The number of fused-ring (bicyclic) bond motifs is 1. The van der Waals surface area contributed by atoms with Gasteiger partial charge < -0.3 is 5.32 Å². The quantitative estimate of drug-likeness (QED) is 0.900. The second kappa shape index (κ2) is 6.14. The highest BCUT2D eigenvalue weighted by Gasteiger charge is 2.27. The summed E-state index contributed by atoms with van der Waals surface area (Å²) in [6.07, 6.45) is 1.63. The molecule has 0 bridgehead atoms. The Morgan fingerprint density at radius 2 is 1.78 bits per heavy atom. The summed E-state index contributed by atoms with van der Waals surface area (Å²) in [7, 11) is -2.08. The van der Waals surface area contributed by atoms with Crippen LogP contribution in [-0.4, -0.2) is 21.4 Å². The smallest absolute Gasteiger partial charge is 0.251 e. The molecule has 0 radical (unpaired) electrons. The van der Waals surface area contributed by atoms with Gasteiger partial charge in [0, 0.05) is 18.7 Å². The molecule has 0 unspecified atom stereocenters. The Hall–Kier alpha value is -2.18. The Bertz CT molecular complexity index is 829. The van der Waals surface area contributed by atoms with E-state index in [0.717, 1.165) is 18.4 Å². The molecule has 0 fully saturated rings. The van der Waals surface area contributed by atoms with Gasteiger partial charge in [-0.3, -0.25) is 4.79 Å². The summed E-state index contributed by atoms with van der Waals surface area (Å²) >= 11 is 0. The average molecular weight is 330 g/mol. The summed E-state index contributed by atoms with van der Waals surface area (Å²) < 4.78 is 27.8. The van der Waals surface area contributed by atoms with Crippen molar-refractivity contribution in [3.05, 3.63) is 65.2 Å². The third kappa shape index (κ3) is 3.13. The minimum absolute atomic E-state index is 0.162. The molecule has 1 aliphatic rings. The monoisotopic (exact) mass is 330 g/mol. The van der Waals surface area contributed by atoms with Crippen molar-refractivity contribution in [2.24, 2.45) is 0 Å². The predicted molar refractivity (Wildman–Crippen MR) is 87.7 cm³/mol. The van der Waals surface area contributed by atoms with Crippen LogP contribution in [0.25, 0.3) is 0 Å². The first-order valence-electron chi connectivity index (χ1n) is 7.43. The van der Waals surface area contributed by atoms with Gasteiger partial charge in [-0.2, -0.15) is 0 Å². The van der Waals surface area contributed by atoms with Crippen LogP contribution in [0, 0.1) is 0 Å². The molecule has 0 saturated carbocycles. The van der Waals surface area contributed by atoms with Gasteiger partial charge in [0.05, 0.1) is 4.90 Å². The molecule has 120 valence electrons. The molecular weight excluding hydrogens is 312 g/mol. The van der Waals surface area contributed by atoms with Gasteiger partial charge in [0.2, 0.25) is 10.0 Å². The lowest BCUT2D eigenvalue weighted by molar-refractivity contribution is 0.0963. The molecule has 1 aliphatic carbocycles. The standard InChI is InChI=1S/C17H18N2O3S/c1-18-17(20)13-6-9-14(10-7-13)23(21,22)19-16-11-8-12-4-2-3-5-15(12)16/h2-7,9-10,16,19H,8,11H2,1H3,(H,18,20)/t16-/m0/s1. The summed E-state index contributed by atoms with van der Waals surface area (Å²) in [5, 5.41) is 2.51. The fraction of sp³-hybridized carbons (Fsp3) is 0.235. The van der Waals surface area contributed by atoms with Crippen LogP contribution >= 0.6 is 0 Å². The fourth-order valence-corrected chi connectivity index (χ4v) is 4.11. The van der Waals surface area contributed by atoms with Gasteiger partial charge >= 0.3 is 0 Å². The van der Waals surface area contributed by atoms with Gasteiger partial charge in [-0.1, -0.05) is 24.3 Å². The van der Waals surface area contributed by atoms with Crippen molar-refractivity contribution < 1.29 is 13.2 Å². The minimum atomic E-state index is -3.62. The highest BCUT2D eigenvalue weighted by molar-refractivity contribution is 7.89. The third-order valence-electron chi connectivity index (χ3n) is 4.08. The molecule has 2 N–H and O–H groups in total. The molecule has 2 aromatic carbocycles. The maximum atomic E-state index is 12.5. The molecule has 2 aromatic rings. The number of aryl methyl sites for hydroxylation is 1. The van der Waals surface area contributed by atoms with Crippen LogP contribution in [0.2, 0.25) is 0 Å². The Balaban J connectivity index is 1.81. The van der Waals surface area contributed by atoms with E-state index in [-0.39, 0.29) is 16.8 Å². The van der Waals surface area contributed by atoms with Crippen molar-refractivity contribution in [1.82, 2.24) is 10.0 Å². The van der Waals surface area contributed by atoms with E-state index in [9.17, 15) is 13.2 Å². The van der Waals surface area contributed by atoms with Gasteiger partial charge in [0.15, 0.2) is 0 Å². The summed E-state index contributed by atoms with van der Waals surface area (Å²) in [6, 6.07) is 13.6. The molecule has 0 heterocycles. The van der Waals surface area contributed by atoms with Crippen molar-refractivity contribution in [3.8, 4) is 0 Å². The Labute approximate surface area is 135 Å². The van der Waals surface area contributed by atoms with Gasteiger partial charge in [-0.25, -0.2) is 13.1 Å². The second-order valence-electron chi connectivity index (χ2n) is 5.51. The topological polar surface area (TPSA) is 75.3 Å². The van der Waals surface area contributed by atoms with E-state index in [1.807, 2.05) is 24.3 Å². The van der Waals surface area contributed by atoms with Gasteiger partial charge in [0.1, 0.15) is 0 Å². The highest BCUT2D eigenvalue weighted by Crippen LogP contribution is 2.32. The van der Waals surface area contributed by atoms with Crippen molar-refractivity contribution >= 4 is 15.9 Å². The maximum absolute atomic E-state index is 12.5. The SMILES string of the molecule is CNC(=O)c1ccc(S(=O)(=O)N[C@H]2CCc3ccccc32)cc1. The highest BCUT2D eigenvalue weighted by atomic mass is 32.2. The minimum Gasteiger partial charge on any atom is -0.355 e. The molecule has 0 spiro atoms. The Morgan fingerprint density at radius 3 is 2.48 bits per heavy atom. The average Bonchev–Trinajstić information content (AvgIpc) is 2.97. The summed E-state index contributed by atoms with van der Waals surface area (Å²) in [6.45, 7) is 0. The van der Waals surface area contributed by atoms with Crippen molar-refractivity contribution in [3.63, 3.8) is 0 Å². The zero-order valence-corrected chi connectivity index (χ0v) is 13.6. The van der Waals surface area contributed by atoms with E-state index < -0.39 is 10.0 Å². The van der Waals surface area contributed by atoms with Crippen LogP contribution in [0.5, 0.6) is 0 Å². The van der Waals surface area contributed by atoms with Crippen molar-refractivity contribution in [1.29, 1.82) is 0 Å². The van der Waals surface area contributed by atoms with E-state index in [2.05, 4.69) is 10.0 Å². The van der Waals surface area contributed by atoms with E-state index in [4.69, 9.17) is 0 Å². The van der Waals surface area contributed by atoms with E-state index in [1.54, 1.807) is 0 Å². The summed E-state index contributed by atoms with van der Waals surface area (Å²) in [5.41, 5.74) is 2.66. The number of rotatable bonds is 4. The Kier molecular flexibility index (Phi) is 4.19. The maximum Gasteiger partial charge on any atom is 0.251 e. The van der Waals surface area contributed by atoms with Crippen LogP contribution < -0.4 is 10.0 Å². The second-order valence-corrected chi connectivity index (χ2v) is 7.23. The van der Waals surface area contributed by atoms with Crippen LogP contribution in [0.15, 0.2) is 53.4 Å². The number of carbonyl (C=O) groups is 1. The van der Waals surface area contributed by atoms with Gasteiger partial charge in [-0.15, -0.1) is 0 Å². The lowest BCUT2D eigenvalue weighted by Crippen LogP contribution is -2.27. The van der Waals surface area contributed by atoms with Gasteiger partial charge in [0.25, 0.3) is 5.91 Å². The van der Waals surface area contributed by atoms with E-state index in [0.29, 0.717) is 5.56 Å². The number of carbonyl (C=O) groups excluding carboxylic acids is 1. The molecule has 1 atom stereocenters. The van der Waals surface area contributed by atoms with Gasteiger partial charge in [-0.05, 0) is 48.2 Å². The molecule has 23 heavy (non-hydrogen) atoms. The third-order valence-corrected chi connectivity index (χ3v) is 5.57.